The first-order valence-electron chi connectivity index (χ1n) is 3.60. The number of aliphatic hydroxyl groups is 1. The molecule has 1 atom stereocenters. The molecule has 2 heteroatoms. The van der Waals surface area contributed by atoms with E-state index in [1.807, 2.05) is 14.0 Å². The van der Waals surface area contributed by atoms with E-state index in [0.717, 1.165) is 13.0 Å². The Hall–Kier alpha value is -0.340. The maximum absolute atomic E-state index is 9.53. The standard InChI is InChI=1S/C8H17NO/c1-4-5-8(2,10)6-7-9-3/h4,9-10H,1,5-7H2,2-3H3. The minimum absolute atomic E-state index is 0.579. The van der Waals surface area contributed by atoms with Crippen molar-refractivity contribution in [3.63, 3.8) is 0 Å². The third-order valence-corrected chi connectivity index (χ3v) is 1.50. The number of hydrogen-bond donors (Lipinski definition) is 2. The van der Waals surface area contributed by atoms with Crippen molar-refractivity contribution in [3.05, 3.63) is 12.7 Å². The largest absolute Gasteiger partial charge is 0.390 e. The Bertz CT molecular complexity index is 99.4. The number of hydrogen-bond acceptors (Lipinski definition) is 2. The summed E-state index contributed by atoms with van der Waals surface area (Å²) in [5, 5.41) is 12.5. The summed E-state index contributed by atoms with van der Waals surface area (Å²) in [4.78, 5) is 0. The smallest absolute Gasteiger partial charge is 0.0666 e. The average molecular weight is 143 g/mol. The van der Waals surface area contributed by atoms with Gasteiger partial charge in [-0.3, -0.25) is 0 Å². The van der Waals surface area contributed by atoms with Crippen LogP contribution in [0, 0.1) is 0 Å². The second kappa shape index (κ2) is 4.47. The van der Waals surface area contributed by atoms with E-state index < -0.39 is 5.60 Å². The number of rotatable bonds is 5. The van der Waals surface area contributed by atoms with Gasteiger partial charge in [-0.1, -0.05) is 6.08 Å². The highest BCUT2D eigenvalue weighted by atomic mass is 16.3. The van der Waals surface area contributed by atoms with Crippen molar-refractivity contribution in [1.29, 1.82) is 0 Å². The van der Waals surface area contributed by atoms with Crippen molar-refractivity contribution in [2.45, 2.75) is 25.4 Å². The Morgan fingerprint density at radius 1 is 1.70 bits per heavy atom. The third kappa shape index (κ3) is 4.53. The fourth-order valence-electron chi connectivity index (χ4n) is 0.807. The molecule has 0 heterocycles. The Kier molecular flexibility index (Phi) is 4.32. The Morgan fingerprint density at radius 3 is 2.70 bits per heavy atom. The maximum Gasteiger partial charge on any atom is 0.0666 e. The van der Waals surface area contributed by atoms with Gasteiger partial charge in [0, 0.05) is 0 Å². The predicted octanol–water partition coefficient (Wildman–Crippen LogP) is 0.923. The van der Waals surface area contributed by atoms with Crippen LogP contribution in [0.1, 0.15) is 19.8 Å². The van der Waals surface area contributed by atoms with Gasteiger partial charge in [0.1, 0.15) is 0 Å². The molecule has 0 aliphatic rings. The molecule has 0 bridgehead atoms. The van der Waals surface area contributed by atoms with E-state index >= 15 is 0 Å². The maximum atomic E-state index is 9.53. The van der Waals surface area contributed by atoms with Gasteiger partial charge in [-0.25, -0.2) is 0 Å². The molecule has 0 rings (SSSR count). The minimum atomic E-state index is -0.579. The predicted molar refractivity (Wildman–Crippen MR) is 44.0 cm³/mol. The van der Waals surface area contributed by atoms with E-state index in [9.17, 15) is 5.11 Å². The fourth-order valence-corrected chi connectivity index (χ4v) is 0.807. The molecule has 0 spiro atoms. The molecular weight excluding hydrogens is 126 g/mol. The Balaban J connectivity index is 3.51. The molecule has 2 N–H and O–H groups in total. The highest BCUT2D eigenvalue weighted by Gasteiger charge is 2.16. The topological polar surface area (TPSA) is 32.3 Å². The first kappa shape index (κ1) is 9.66. The molecule has 0 saturated heterocycles. The second-order valence-corrected chi connectivity index (χ2v) is 2.84. The molecule has 60 valence electrons. The highest BCUT2D eigenvalue weighted by molar-refractivity contribution is 4.82. The molecule has 0 aliphatic heterocycles. The summed E-state index contributed by atoms with van der Waals surface area (Å²) in [6, 6.07) is 0. The quantitative estimate of drug-likeness (QED) is 0.561. The van der Waals surface area contributed by atoms with Crippen molar-refractivity contribution in [3.8, 4) is 0 Å². The molecule has 2 nitrogen and oxygen atoms in total. The van der Waals surface area contributed by atoms with Crippen LogP contribution >= 0.6 is 0 Å². The van der Waals surface area contributed by atoms with E-state index in [1.54, 1.807) is 6.08 Å². The highest BCUT2D eigenvalue weighted by Crippen LogP contribution is 2.13. The molecule has 0 radical (unpaired) electrons. The summed E-state index contributed by atoms with van der Waals surface area (Å²) < 4.78 is 0. The zero-order chi connectivity index (χ0) is 8.04. The summed E-state index contributed by atoms with van der Waals surface area (Å²) in [5.41, 5.74) is -0.579. The Labute approximate surface area is 62.9 Å². The van der Waals surface area contributed by atoms with Crippen LogP contribution in [-0.4, -0.2) is 24.3 Å². The third-order valence-electron chi connectivity index (χ3n) is 1.50. The zero-order valence-electron chi connectivity index (χ0n) is 6.85. The lowest BCUT2D eigenvalue weighted by Gasteiger charge is -2.20. The lowest BCUT2D eigenvalue weighted by molar-refractivity contribution is 0.0549. The van der Waals surface area contributed by atoms with Gasteiger partial charge in [0.15, 0.2) is 0 Å². The molecule has 0 aromatic carbocycles. The van der Waals surface area contributed by atoms with Gasteiger partial charge in [0.2, 0.25) is 0 Å². The lowest BCUT2D eigenvalue weighted by Crippen LogP contribution is -2.27. The summed E-state index contributed by atoms with van der Waals surface area (Å²) in [6.45, 7) is 6.25. The van der Waals surface area contributed by atoms with Gasteiger partial charge in [-0.2, -0.15) is 0 Å². The van der Waals surface area contributed by atoms with Crippen LogP contribution in [0.15, 0.2) is 12.7 Å². The van der Waals surface area contributed by atoms with Gasteiger partial charge in [-0.15, -0.1) is 6.58 Å². The van der Waals surface area contributed by atoms with Crippen molar-refractivity contribution in [2.75, 3.05) is 13.6 Å². The van der Waals surface area contributed by atoms with Gasteiger partial charge < -0.3 is 10.4 Å². The van der Waals surface area contributed by atoms with Crippen LogP contribution in [0.3, 0.4) is 0 Å². The van der Waals surface area contributed by atoms with Crippen molar-refractivity contribution < 1.29 is 5.11 Å². The monoisotopic (exact) mass is 143 g/mol. The minimum Gasteiger partial charge on any atom is -0.390 e. The molecule has 0 aromatic heterocycles. The van der Waals surface area contributed by atoms with Gasteiger partial charge in [-0.05, 0) is 33.4 Å². The molecule has 0 amide bonds. The van der Waals surface area contributed by atoms with Gasteiger partial charge in [0.25, 0.3) is 0 Å². The molecule has 0 aliphatic carbocycles. The lowest BCUT2D eigenvalue weighted by atomic mass is 9.98. The average Bonchev–Trinajstić information content (AvgIpc) is 1.84. The summed E-state index contributed by atoms with van der Waals surface area (Å²) in [7, 11) is 1.88. The number of nitrogens with one attached hydrogen (secondary N) is 1. The summed E-state index contributed by atoms with van der Waals surface area (Å²) in [5.74, 6) is 0. The molecule has 0 saturated carbocycles. The molecular formula is C8H17NO. The van der Waals surface area contributed by atoms with E-state index in [2.05, 4.69) is 11.9 Å². The van der Waals surface area contributed by atoms with E-state index in [0.29, 0.717) is 6.42 Å². The summed E-state index contributed by atoms with van der Waals surface area (Å²) >= 11 is 0. The second-order valence-electron chi connectivity index (χ2n) is 2.84. The van der Waals surface area contributed by atoms with Crippen LogP contribution in [0.5, 0.6) is 0 Å². The fraction of sp³-hybridized carbons (Fsp3) is 0.750. The molecule has 0 aromatic rings. The molecule has 10 heavy (non-hydrogen) atoms. The first-order valence-corrected chi connectivity index (χ1v) is 3.60. The van der Waals surface area contributed by atoms with Crippen LogP contribution in [0.25, 0.3) is 0 Å². The van der Waals surface area contributed by atoms with E-state index in [4.69, 9.17) is 0 Å². The SMILES string of the molecule is C=CCC(C)(O)CCNC. The van der Waals surface area contributed by atoms with Crippen molar-refractivity contribution in [1.82, 2.24) is 5.32 Å². The first-order chi connectivity index (χ1) is 4.62. The zero-order valence-corrected chi connectivity index (χ0v) is 6.85. The van der Waals surface area contributed by atoms with Crippen LogP contribution < -0.4 is 5.32 Å². The molecule has 1 unspecified atom stereocenters. The van der Waals surface area contributed by atoms with E-state index in [1.165, 1.54) is 0 Å². The van der Waals surface area contributed by atoms with Crippen LogP contribution in [0.4, 0.5) is 0 Å². The van der Waals surface area contributed by atoms with Crippen LogP contribution in [0.2, 0.25) is 0 Å². The van der Waals surface area contributed by atoms with Crippen molar-refractivity contribution >= 4 is 0 Å². The Morgan fingerprint density at radius 2 is 2.30 bits per heavy atom. The summed E-state index contributed by atoms with van der Waals surface area (Å²) in [6.07, 6.45) is 3.18. The van der Waals surface area contributed by atoms with Crippen molar-refractivity contribution in [2.24, 2.45) is 0 Å². The normalized spacial score (nSPS) is 16.3. The van der Waals surface area contributed by atoms with E-state index in [-0.39, 0.29) is 0 Å². The molecule has 0 fully saturated rings. The van der Waals surface area contributed by atoms with Gasteiger partial charge >= 0.3 is 0 Å². The van der Waals surface area contributed by atoms with Crippen LogP contribution in [-0.2, 0) is 0 Å². The van der Waals surface area contributed by atoms with Gasteiger partial charge in [0.05, 0.1) is 5.60 Å².